The zero-order valence-corrected chi connectivity index (χ0v) is 11.0. The van der Waals surface area contributed by atoms with Gasteiger partial charge < -0.3 is 10.8 Å². The summed E-state index contributed by atoms with van der Waals surface area (Å²) in [4.78, 5) is 0. The minimum absolute atomic E-state index is 0.0980. The van der Waals surface area contributed by atoms with E-state index in [1.54, 1.807) is 0 Å². The number of halogens is 2. The first-order valence-electron chi connectivity index (χ1n) is 5.84. The van der Waals surface area contributed by atoms with E-state index in [1.165, 1.54) is 6.07 Å². The number of benzene rings is 1. The average Bonchev–Trinajstić information content (AvgIpc) is 2.66. The van der Waals surface area contributed by atoms with Crippen LogP contribution in [0, 0.1) is 17.0 Å². The summed E-state index contributed by atoms with van der Waals surface area (Å²) >= 11 is 0. The Morgan fingerprint density at radius 3 is 2.37 bits per heavy atom. The van der Waals surface area contributed by atoms with E-state index in [-0.39, 0.29) is 24.5 Å². The third-order valence-electron chi connectivity index (χ3n) is 3.68. The van der Waals surface area contributed by atoms with Gasteiger partial charge in [-0.25, -0.2) is 17.2 Å². The maximum absolute atomic E-state index is 13.7. The van der Waals surface area contributed by atoms with Crippen LogP contribution in [0.5, 0.6) is 0 Å². The van der Waals surface area contributed by atoms with E-state index in [9.17, 15) is 22.3 Å². The fourth-order valence-electron chi connectivity index (χ4n) is 2.51. The van der Waals surface area contributed by atoms with Crippen molar-refractivity contribution in [2.24, 2.45) is 11.1 Å². The van der Waals surface area contributed by atoms with E-state index < -0.39 is 38.6 Å². The zero-order chi connectivity index (χ0) is 14.3. The van der Waals surface area contributed by atoms with Crippen LogP contribution < -0.4 is 5.73 Å². The van der Waals surface area contributed by atoms with Crippen molar-refractivity contribution in [3.63, 3.8) is 0 Å². The summed E-state index contributed by atoms with van der Waals surface area (Å²) < 4.78 is 50.4. The Labute approximate surface area is 110 Å². The summed E-state index contributed by atoms with van der Waals surface area (Å²) in [6.45, 7) is -0.152. The molecular formula is C12H15F2NO3S. The van der Waals surface area contributed by atoms with Gasteiger partial charge in [-0.2, -0.15) is 0 Å². The van der Waals surface area contributed by atoms with Crippen molar-refractivity contribution in [2.45, 2.75) is 12.5 Å². The molecule has 0 aliphatic carbocycles. The maximum Gasteiger partial charge on any atom is 0.151 e. The Balaban J connectivity index is 2.45. The fraction of sp³-hybridized carbons (Fsp3) is 0.500. The van der Waals surface area contributed by atoms with E-state index in [4.69, 9.17) is 5.73 Å². The molecule has 3 N–H and O–H groups in total. The molecule has 0 aromatic heterocycles. The zero-order valence-electron chi connectivity index (χ0n) is 10.1. The number of sulfone groups is 1. The monoisotopic (exact) mass is 291 g/mol. The minimum Gasteiger partial charge on any atom is -0.388 e. The second-order valence-corrected chi connectivity index (χ2v) is 7.13. The summed E-state index contributed by atoms with van der Waals surface area (Å²) in [7, 11) is -3.33. The number of aliphatic hydroxyl groups is 1. The first kappa shape index (κ1) is 14.4. The highest BCUT2D eigenvalue weighted by molar-refractivity contribution is 7.91. The molecule has 106 valence electrons. The van der Waals surface area contributed by atoms with Crippen molar-refractivity contribution in [2.75, 3.05) is 18.1 Å². The number of rotatable bonds is 3. The van der Waals surface area contributed by atoms with Gasteiger partial charge in [0.2, 0.25) is 0 Å². The average molecular weight is 291 g/mol. The van der Waals surface area contributed by atoms with Crippen LogP contribution in [-0.2, 0) is 9.84 Å². The molecule has 0 saturated carbocycles. The van der Waals surface area contributed by atoms with Crippen molar-refractivity contribution in [1.29, 1.82) is 0 Å². The van der Waals surface area contributed by atoms with E-state index in [2.05, 4.69) is 0 Å². The van der Waals surface area contributed by atoms with Crippen LogP contribution in [0.4, 0.5) is 8.78 Å². The van der Waals surface area contributed by atoms with Gasteiger partial charge in [-0.3, -0.25) is 0 Å². The summed E-state index contributed by atoms with van der Waals surface area (Å²) in [5.41, 5.74) is 3.83. The lowest BCUT2D eigenvalue weighted by atomic mass is 9.78. The molecule has 2 unspecified atom stereocenters. The van der Waals surface area contributed by atoms with E-state index in [0.717, 1.165) is 12.1 Å². The fourth-order valence-corrected chi connectivity index (χ4v) is 4.67. The number of aliphatic hydroxyl groups excluding tert-OH is 1. The molecule has 0 spiro atoms. The lowest BCUT2D eigenvalue weighted by Crippen LogP contribution is -2.38. The normalized spacial score (nSPS) is 27.4. The van der Waals surface area contributed by atoms with Crippen LogP contribution >= 0.6 is 0 Å². The third kappa shape index (κ3) is 2.50. The molecule has 19 heavy (non-hydrogen) atoms. The van der Waals surface area contributed by atoms with Crippen molar-refractivity contribution < 1.29 is 22.3 Å². The lowest BCUT2D eigenvalue weighted by Gasteiger charge is -2.32. The number of nitrogens with two attached hydrogens (primary N) is 1. The molecule has 1 aromatic carbocycles. The van der Waals surface area contributed by atoms with E-state index >= 15 is 0 Å². The molecule has 0 amide bonds. The number of hydrogen-bond acceptors (Lipinski definition) is 4. The second kappa shape index (κ2) is 4.81. The molecule has 7 heteroatoms. The Morgan fingerprint density at radius 2 is 1.95 bits per heavy atom. The van der Waals surface area contributed by atoms with Crippen molar-refractivity contribution in [1.82, 2.24) is 0 Å². The highest BCUT2D eigenvalue weighted by Gasteiger charge is 2.48. The summed E-state index contributed by atoms with van der Waals surface area (Å²) in [6, 6.07) is 3.23. The Bertz CT molecular complexity index is 570. The van der Waals surface area contributed by atoms with Crippen molar-refractivity contribution in [3.8, 4) is 0 Å². The van der Waals surface area contributed by atoms with Crippen LogP contribution in [0.1, 0.15) is 18.1 Å². The summed E-state index contributed by atoms with van der Waals surface area (Å²) in [5, 5.41) is 10.2. The topological polar surface area (TPSA) is 80.4 Å². The molecule has 1 aromatic rings. The Kier molecular flexibility index (Phi) is 3.63. The van der Waals surface area contributed by atoms with Crippen molar-refractivity contribution >= 4 is 9.84 Å². The molecule has 1 aliphatic heterocycles. The van der Waals surface area contributed by atoms with Gasteiger partial charge in [0.15, 0.2) is 9.84 Å². The number of hydrogen-bond donors (Lipinski definition) is 2. The Hall–Kier alpha value is -1.05. The van der Waals surface area contributed by atoms with Crippen LogP contribution in [-0.4, -0.2) is 31.6 Å². The first-order chi connectivity index (χ1) is 8.81. The standard InChI is InChI=1S/C12H15F2NO3S/c13-8-2-1-3-9(14)10(8)11(16)12(6-15)4-5-19(17,18)7-12/h1-3,11,16H,4-7,15H2. The molecule has 1 fully saturated rings. The van der Waals surface area contributed by atoms with Crippen LogP contribution in [0.15, 0.2) is 18.2 Å². The summed E-state index contributed by atoms with van der Waals surface area (Å²) in [6.07, 6.45) is -1.48. The molecule has 0 radical (unpaired) electrons. The van der Waals surface area contributed by atoms with Gasteiger partial charge in [0.1, 0.15) is 11.6 Å². The van der Waals surface area contributed by atoms with Gasteiger partial charge in [-0.05, 0) is 18.6 Å². The molecule has 1 heterocycles. The van der Waals surface area contributed by atoms with Crippen LogP contribution in [0.25, 0.3) is 0 Å². The molecule has 1 aliphatic rings. The van der Waals surface area contributed by atoms with Gasteiger partial charge in [-0.15, -0.1) is 0 Å². The predicted molar refractivity (Wildman–Crippen MR) is 66.1 cm³/mol. The second-order valence-electron chi connectivity index (χ2n) is 4.95. The molecular weight excluding hydrogens is 276 g/mol. The van der Waals surface area contributed by atoms with Gasteiger partial charge >= 0.3 is 0 Å². The summed E-state index contributed by atoms with van der Waals surface area (Å²) in [5.74, 6) is -2.28. The van der Waals surface area contributed by atoms with Crippen LogP contribution in [0.3, 0.4) is 0 Å². The van der Waals surface area contributed by atoms with E-state index in [1.807, 2.05) is 0 Å². The molecule has 4 nitrogen and oxygen atoms in total. The highest BCUT2D eigenvalue weighted by atomic mass is 32.2. The first-order valence-corrected chi connectivity index (χ1v) is 7.66. The maximum atomic E-state index is 13.7. The quantitative estimate of drug-likeness (QED) is 0.861. The predicted octanol–water partition coefficient (Wildman–Crippen LogP) is 0.762. The minimum atomic E-state index is -3.33. The van der Waals surface area contributed by atoms with E-state index in [0.29, 0.717) is 0 Å². The van der Waals surface area contributed by atoms with Gasteiger partial charge in [-0.1, -0.05) is 6.07 Å². The third-order valence-corrected chi connectivity index (χ3v) is 5.52. The molecule has 1 saturated heterocycles. The van der Waals surface area contributed by atoms with Gasteiger partial charge in [0, 0.05) is 12.0 Å². The molecule has 2 atom stereocenters. The smallest absolute Gasteiger partial charge is 0.151 e. The van der Waals surface area contributed by atoms with Gasteiger partial charge in [0.05, 0.1) is 23.2 Å². The van der Waals surface area contributed by atoms with Crippen molar-refractivity contribution in [3.05, 3.63) is 35.4 Å². The largest absolute Gasteiger partial charge is 0.388 e. The SMILES string of the molecule is NCC1(C(O)c2c(F)cccc2F)CCS(=O)(=O)C1. The highest BCUT2D eigenvalue weighted by Crippen LogP contribution is 2.43. The van der Waals surface area contributed by atoms with Crippen LogP contribution in [0.2, 0.25) is 0 Å². The molecule has 0 bridgehead atoms. The molecule has 2 rings (SSSR count). The Morgan fingerprint density at radius 1 is 1.37 bits per heavy atom. The van der Waals surface area contributed by atoms with Gasteiger partial charge in [0.25, 0.3) is 0 Å². The lowest BCUT2D eigenvalue weighted by molar-refractivity contribution is 0.0411.